The molecule has 5 heterocycles. The largest absolute Gasteiger partial charge is 0.556 e. The summed E-state index contributed by atoms with van der Waals surface area (Å²) in [5.41, 5.74) is 0. The zero-order valence-electron chi connectivity index (χ0n) is 28.4. The number of amides is 3. The van der Waals surface area contributed by atoms with Crippen molar-refractivity contribution in [2.24, 2.45) is 11.8 Å². The lowest BCUT2D eigenvalue weighted by Crippen LogP contribution is -2.65. The number of nitrogens with one attached hydrogen (secondary N) is 3. The topological polar surface area (TPSA) is 307 Å². The molecule has 0 aliphatic carbocycles. The van der Waals surface area contributed by atoms with Gasteiger partial charge in [-0.1, -0.05) is 0 Å². The molecule has 0 spiro atoms. The molecule has 23 nitrogen and oxygen atoms in total. The Morgan fingerprint density at radius 3 is 1.98 bits per heavy atom. The molecule has 0 radical (unpaired) electrons. The number of carbonyl (C=O) groups excluding carboxylic acids is 3. The van der Waals surface area contributed by atoms with Gasteiger partial charge < -0.3 is 65.2 Å². The highest BCUT2D eigenvalue weighted by Crippen LogP contribution is 2.53. The van der Waals surface area contributed by atoms with Crippen molar-refractivity contribution in [2.75, 3.05) is 46.2 Å². The maximum atomic E-state index is 13.8. The van der Waals surface area contributed by atoms with Crippen LogP contribution in [0.25, 0.3) is 0 Å². The van der Waals surface area contributed by atoms with Gasteiger partial charge in [-0.3, -0.25) is 14.4 Å². The Labute approximate surface area is 296 Å². The number of carbonyl (C=O) groups is 3. The second-order valence-corrected chi connectivity index (χ2v) is 14.3. The molecule has 0 aromatic heterocycles. The molecule has 24 heteroatoms. The first-order valence-corrected chi connectivity index (χ1v) is 18.0. The van der Waals surface area contributed by atoms with Crippen molar-refractivity contribution in [2.45, 2.75) is 100 Å². The standard InChI is InChI=1S/C28H46N3O20P/c1-11(34)29-21-19(44-17(5-33)24(37)25(21)38)8-42-7-15-18-10-43-49-52(40)50-47-26(15)22(30-12(2)35)20(45-18)9-41-6-14-16(4-32)46-28(39)23(31-13(3)36)27(14)48-51-52/h14-28,32-33,37-39H,4-10H2,1-3H3,(H,29,34)(H,30,35)(H,31,36)/t14-,15-,16?,17?,18?,19-,20-,21?,22?,23?,24+,25+,26-,27-,28+,52?/m0/s1. The molecule has 5 rings (SSSR count). The maximum Gasteiger partial charge on any atom is 0.556 e. The zero-order chi connectivity index (χ0) is 37.7. The number of fused-ring (bicyclic) bond motifs is 5. The average Bonchev–Trinajstić information content (AvgIpc) is 3.13. The van der Waals surface area contributed by atoms with Gasteiger partial charge in [-0.2, -0.15) is 0 Å². The van der Waals surface area contributed by atoms with Crippen LogP contribution in [0.1, 0.15) is 20.8 Å². The maximum absolute atomic E-state index is 13.8. The third kappa shape index (κ3) is 9.62. The lowest BCUT2D eigenvalue weighted by molar-refractivity contribution is -0.367. The number of aliphatic hydroxyl groups excluding tert-OH is 5. The van der Waals surface area contributed by atoms with Gasteiger partial charge in [0.1, 0.15) is 55.4 Å². The van der Waals surface area contributed by atoms with Gasteiger partial charge in [-0.25, -0.2) is 19.2 Å². The monoisotopic (exact) mass is 775 g/mol. The van der Waals surface area contributed by atoms with Crippen molar-refractivity contribution in [3.8, 4) is 0 Å². The zero-order valence-corrected chi connectivity index (χ0v) is 29.3. The van der Waals surface area contributed by atoms with E-state index in [0.29, 0.717) is 0 Å². The Hall–Kier alpha value is -2.00. The first-order valence-electron chi connectivity index (χ1n) is 16.6. The molecule has 8 N–H and O–H groups in total. The van der Waals surface area contributed by atoms with Gasteiger partial charge in [0.2, 0.25) is 17.7 Å². The van der Waals surface area contributed by atoms with E-state index in [4.69, 9.17) is 52.4 Å². The highest BCUT2D eigenvalue weighted by Gasteiger charge is 2.54. The average molecular weight is 776 g/mol. The summed E-state index contributed by atoms with van der Waals surface area (Å²) in [6.45, 7) is 0.833. The fraction of sp³-hybridized carbons (Fsp3) is 0.893. The lowest BCUT2D eigenvalue weighted by atomic mass is 9.85. The van der Waals surface area contributed by atoms with Crippen LogP contribution in [0.2, 0.25) is 0 Å². The summed E-state index contributed by atoms with van der Waals surface area (Å²) in [6.07, 6.45) is -12.7. The molecule has 52 heavy (non-hydrogen) atoms. The van der Waals surface area contributed by atoms with Crippen molar-refractivity contribution >= 4 is 25.5 Å². The highest BCUT2D eigenvalue weighted by molar-refractivity contribution is 7.48. The van der Waals surface area contributed by atoms with Gasteiger partial charge in [0, 0.05) is 32.6 Å². The summed E-state index contributed by atoms with van der Waals surface area (Å²) < 4.78 is 58.6. The van der Waals surface area contributed by atoms with E-state index in [-0.39, 0.29) is 26.4 Å². The van der Waals surface area contributed by atoms with Crippen LogP contribution in [0.3, 0.4) is 0 Å². The minimum Gasteiger partial charge on any atom is -0.394 e. The van der Waals surface area contributed by atoms with Crippen molar-refractivity contribution in [3.05, 3.63) is 0 Å². The van der Waals surface area contributed by atoms with Crippen molar-refractivity contribution in [3.63, 3.8) is 0 Å². The third-order valence-corrected chi connectivity index (χ3v) is 10.1. The summed E-state index contributed by atoms with van der Waals surface area (Å²) in [6, 6.07) is -3.53. The summed E-state index contributed by atoms with van der Waals surface area (Å²) >= 11 is 0. The number of hydrogen-bond acceptors (Lipinski definition) is 20. The minimum atomic E-state index is -5.00. The van der Waals surface area contributed by atoms with Crippen LogP contribution in [0.4, 0.5) is 0 Å². The second-order valence-electron chi connectivity index (χ2n) is 13.0. The van der Waals surface area contributed by atoms with E-state index in [9.17, 15) is 44.5 Å². The number of aliphatic hydroxyl groups is 5. The third-order valence-electron chi connectivity index (χ3n) is 9.25. The second kappa shape index (κ2) is 18.1. The van der Waals surface area contributed by atoms with Crippen LogP contribution in [0, 0.1) is 11.8 Å². The van der Waals surface area contributed by atoms with E-state index in [0.717, 1.165) is 0 Å². The molecule has 0 aromatic rings. The van der Waals surface area contributed by atoms with Gasteiger partial charge >= 0.3 is 7.82 Å². The van der Waals surface area contributed by atoms with E-state index < -0.39 is 137 Å². The van der Waals surface area contributed by atoms with E-state index >= 15 is 0 Å². The predicted molar refractivity (Wildman–Crippen MR) is 162 cm³/mol. The Kier molecular flexibility index (Phi) is 14.3. The van der Waals surface area contributed by atoms with Crippen molar-refractivity contribution in [1.82, 2.24) is 16.0 Å². The van der Waals surface area contributed by atoms with E-state index in [1.165, 1.54) is 20.8 Å². The fourth-order valence-corrected chi connectivity index (χ4v) is 7.52. The van der Waals surface area contributed by atoms with Crippen LogP contribution >= 0.6 is 7.82 Å². The summed E-state index contributed by atoms with van der Waals surface area (Å²) in [7, 11) is -5.00. The molecule has 3 amide bonds. The Morgan fingerprint density at radius 1 is 0.692 bits per heavy atom. The predicted octanol–water partition coefficient (Wildman–Crippen LogP) is -4.56. The molecular weight excluding hydrogens is 729 g/mol. The summed E-state index contributed by atoms with van der Waals surface area (Å²) in [4.78, 5) is 52.7. The van der Waals surface area contributed by atoms with E-state index in [2.05, 4.69) is 16.0 Å². The van der Waals surface area contributed by atoms with Gasteiger partial charge in [0.05, 0.1) is 63.9 Å². The molecule has 16 atom stereocenters. The van der Waals surface area contributed by atoms with Gasteiger partial charge in [-0.15, -0.1) is 14.0 Å². The molecule has 5 fully saturated rings. The number of hydrogen-bond donors (Lipinski definition) is 8. The Morgan fingerprint density at radius 2 is 1.33 bits per heavy atom. The van der Waals surface area contributed by atoms with E-state index in [1.54, 1.807) is 0 Å². The van der Waals surface area contributed by atoms with Crippen LogP contribution < -0.4 is 16.0 Å². The Bertz CT molecular complexity index is 1280. The number of rotatable bonds is 9. The lowest BCUT2D eigenvalue weighted by Gasteiger charge is -2.46. The van der Waals surface area contributed by atoms with Crippen molar-refractivity contribution < 1.29 is 96.9 Å². The molecule has 5 aliphatic rings. The highest BCUT2D eigenvalue weighted by atomic mass is 31.2. The fourth-order valence-electron chi connectivity index (χ4n) is 6.85. The van der Waals surface area contributed by atoms with Crippen LogP contribution in [0.5, 0.6) is 0 Å². The molecule has 7 unspecified atom stereocenters. The minimum absolute atomic E-state index is 0.236. The van der Waals surface area contributed by atoms with Crippen LogP contribution in [0.15, 0.2) is 0 Å². The smallest absolute Gasteiger partial charge is 0.394 e. The first-order chi connectivity index (χ1) is 24.7. The van der Waals surface area contributed by atoms with Gasteiger partial charge in [0.15, 0.2) is 6.29 Å². The van der Waals surface area contributed by atoms with E-state index in [1.807, 2.05) is 0 Å². The summed E-state index contributed by atoms with van der Waals surface area (Å²) in [5, 5.41) is 59.1. The van der Waals surface area contributed by atoms with Gasteiger partial charge in [0.25, 0.3) is 0 Å². The molecule has 5 aliphatic heterocycles. The van der Waals surface area contributed by atoms with Crippen LogP contribution in [-0.4, -0.2) is 169 Å². The molecule has 5 saturated heterocycles. The SMILES string of the molecule is CC(=O)NC1[C@H](COC[C@H]2C3COOP4(=O)OO[C@@H]5C(NC(C)=O)[C@H](O)OC(CO)[C@@H]5COC[C@H](O3)C(NC(C)=O)[C@H]2OO4)OC(CO)[C@@H](O)[C@@H]1O. The summed E-state index contributed by atoms with van der Waals surface area (Å²) in [5.74, 6) is -3.53. The van der Waals surface area contributed by atoms with Crippen molar-refractivity contribution in [1.29, 1.82) is 0 Å². The van der Waals surface area contributed by atoms with Gasteiger partial charge in [-0.05, 0) is 0 Å². The molecule has 0 saturated carbocycles. The molecule has 0 aromatic carbocycles. The molecule has 298 valence electrons. The first kappa shape index (κ1) is 41.2. The Balaban J connectivity index is 1.40. The number of ether oxygens (including phenoxy) is 5. The molecular formula is C28H46N3O20P. The quantitative estimate of drug-likeness (QED) is 0.0808. The normalized spacial score (nSPS) is 44.1. The molecule has 4 bridgehead atoms. The van der Waals surface area contributed by atoms with Crippen LogP contribution in [-0.2, 0) is 71.3 Å². The number of phosphoric acid groups is 1.